The largest absolute Gasteiger partial charge is 0.480 e. The van der Waals surface area contributed by atoms with Crippen LogP contribution in [0, 0.1) is 6.92 Å². The van der Waals surface area contributed by atoms with Gasteiger partial charge in [-0.3, -0.25) is 4.79 Å². The summed E-state index contributed by atoms with van der Waals surface area (Å²) in [7, 11) is 0. The van der Waals surface area contributed by atoms with Gasteiger partial charge in [-0.1, -0.05) is 12.1 Å². The van der Waals surface area contributed by atoms with Crippen molar-refractivity contribution in [1.82, 2.24) is 5.32 Å². The molecule has 1 amide bonds. The molecule has 2 aromatic rings. The topological polar surface area (TPSA) is 66.4 Å². The highest BCUT2D eigenvalue weighted by molar-refractivity contribution is 7.17. The summed E-state index contributed by atoms with van der Waals surface area (Å²) in [5, 5.41) is 14.7. The Balaban J connectivity index is 1.91. The molecule has 0 atom stereocenters. The van der Waals surface area contributed by atoms with Crippen LogP contribution in [0.25, 0.3) is 10.1 Å². The van der Waals surface area contributed by atoms with Gasteiger partial charge in [-0.25, -0.2) is 4.79 Å². The van der Waals surface area contributed by atoms with Gasteiger partial charge in [0.05, 0.1) is 5.56 Å². The van der Waals surface area contributed by atoms with Crippen LogP contribution in [0.2, 0.25) is 0 Å². The maximum Gasteiger partial charge on any atom is 0.329 e. The molecule has 1 aromatic carbocycles. The standard InChI is InChI=1S/C15H15NO3S/c1-9-3-4-10-11(8-20-12(10)7-9)13(17)16-15(14(18)19)5-2-6-15/h3-4,7-8H,2,5-6H2,1H3,(H,16,17)(H,18,19). The highest BCUT2D eigenvalue weighted by Crippen LogP contribution is 2.33. The average molecular weight is 289 g/mol. The van der Waals surface area contributed by atoms with E-state index in [9.17, 15) is 14.7 Å². The van der Waals surface area contributed by atoms with Crippen LogP contribution in [0.3, 0.4) is 0 Å². The molecule has 0 unspecified atom stereocenters. The van der Waals surface area contributed by atoms with Gasteiger partial charge in [0.1, 0.15) is 5.54 Å². The van der Waals surface area contributed by atoms with Crippen molar-refractivity contribution in [2.24, 2.45) is 0 Å². The second kappa shape index (κ2) is 4.59. The van der Waals surface area contributed by atoms with Crippen molar-refractivity contribution in [2.45, 2.75) is 31.7 Å². The van der Waals surface area contributed by atoms with E-state index in [1.54, 1.807) is 5.38 Å². The van der Waals surface area contributed by atoms with Crippen molar-refractivity contribution in [3.63, 3.8) is 0 Å². The Kier molecular flexibility index (Phi) is 3.01. The minimum absolute atomic E-state index is 0.290. The average Bonchev–Trinajstić information content (AvgIpc) is 2.75. The summed E-state index contributed by atoms with van der Waals surface area (Å²) in [6.07, 6.45) is 1.86. The summed E-state index contributed by atoms with van der Waals surface area (Å²) in [5.41, 5.74) is 0.653. The molecule has 3 rings (SSSR count). The minimum atomic E-state index is -1.06. The van der Waals surface area contributed by atoms with Crippen molar-refractivity contribution >= 4 is 33.3 Å². The van der Waals surface area contributed by atoms with E-state index in [2.05, 4.69) is 5.32 Å². The highest BCUT2D eigenvalue weighted by atomic mass is 32.1. The van der Waals surface area contributed by atoms with Crippen LogP contribution >= 0.6 is 11.3 Å². The van der Waals surface area contributed by atoms with E-state index >= 15 is 0 Å². The van der Waals surface area contributed by atoms with E-state index in [1.807, 2.05) is 25.1 Å². The van der Waals surface area contributed by atoms with E-state index < -0.39 is 11.5 Å². The molecule has 1 aromatic heterocycles. The SMILES string of the molecule is Cc1ccc2c(C(=O)NC3(C(=O)O)CCC3)csc2c1. The lowest BCUT2D eigenvalue weighted by atomic mass is 9.76. The fourth-order valence-electron chi connectivity index (χ4n) is 2.52. The van der Waals surface area contributed by atoms with E-state index in [0.29, 0.717) is 18.4 Å². The second-order valence-corrected chi connectivity index (χ2v) is 6.26. The van der Waals surface area contributed by atoms with Crippen LogP contribution in [0.15, 0.2) is 23.6 Å². The van der Waals surface area contributed by atoms with Gasteiger partial charge in [0.25, 0.3) is 5.91 Å². The summed E-state index contributed by atoms with van der Waals surface area (Å²) < 4.78 is 1.05. The third kappa shape index (κ3) is 1.98. The molecule has 20 heavy (non-hydrogen) atoms. The maximum atomic E-state index is 12.3. The molecule has 0 bridgehead atoms. The number of carboxylic acid groups (broad SMARTS) is 1. The second-order valence-electron chi connectivity index (χ2n) is 5.34. The summed E-state index contributed by atoms with van der Waals surface area (Å²) >= 11 is 1.51. The Hall–Kier alpha value is -1.88. The number of nitrogens with one attached hydrogen (secondary N) is 1. The number of fused-ring (bicyclic) bond motifs is 1. The van der Waals surface area contributed by atoms with Crippen molar-refractivity contribution in [3.8, 4) is 0 Å². The summed E-state index contributed by atoms with van der Waals surface area (Å²) in [6, 6.07) is 5.92. The Bertz CT molecular complexity index is 700. The Labute approximate surface area is 120 Å². The maximum absolute atomic E-state index is 12.3. The van der Waals surface area contributed by atoms with Gasteiger partial charge in [-0.05, 0) is 37.8 Å². The van der Waals surface area contributed by atoms with E-state index in [0.717, 1.165) is 22.1 Å². The molecular formula is C15H15NO3S. The zero-order chi connectivity index (χ0) is 14.3. The smallest absolute Gasteiger partial charge is 0.329 e. The Morgan fingerprint density at radius 2 is 2.10 bits per heavy atom. The van der Waals surface area contributed by atoms with Gasteiger partial charge >= 0.3 is 5.97 Å². The van der Waals surface area contributed by atoms with Crippen LogP contribution in [-0.2, 0) is 4.79 Å². The van der Waals surface area contributed by atoms with Gasteiger partial charge in [-0.2, -0.15) is 0 Å². The number of carbonyl (C=O) groups excluding carboxylic acids is 1. The molecule has 2 N–H and O–H groups in total. The summed E-state index contributed by atoms with van der Waals surface area (Å²) in [5.74, 6) is -1.23. The Morgan fingerprint density at radius 1 is 1.35 bits per heavy atom. The lowest BCUT2D eigenvalue weighted by molar-refractivity contribution is -0.148. The zero-order valence-corrected chi connectivity index (χ0v) is 11.9. The lowest BCUT2D eigenvalue weighted by Crippen LogP contribution is -2.59. The number of amides is 1. The van der Waals surface area contributed by atoms with Crippen LogP contribution in [0.5, 0.6) is 0 Å². The number of carbonyl (C=O) groups is 2. The normalized spacial score (nSPS) is 16.6. The Morgan fingerprint density at radius 3 is 2.70 bits per heavy atom. The lowest BCUT2D eigenvalue weighted by Gasteiger charge is -2.38. The van der Waals surface area contributed by atoms with Gasteiger partial charge < -0.3 is 10.4 Å². The van der Waals surface area contributed by atoms with Crippen LogP contribution in [-0.4, -0.2) is 22.5 Å². The van der Waals surface area contributed by atoms with Crippen molar-refractivity contribution < 1.29 is 14.7 Å². The van der Waals surface area contributed by atoms with Crippen LogP contribution in [0.1, 0.15) is 35.2 Å². The number of thiophene rings is 1. The molecule has 0 saturated heterocycles. The molecule has 104 valence electrons. The summed E-state index contributed by atoms with van der Waals surface area (Å²) in [4.78, 5) is 23.7. The highest BCUT2D eigenvalue weighted by Gasteiger charge is 2.45. The first-order valence-electron chi connectivity index (χ1n) is 6.56. The molecule has 5 heteroatoms. The van der Waals surface area contributed by atoms with Gasteiger partial charge in [-0.15, -0.1) is 11.3 Å². The first-order chi connectivity index (χ1) is 9.52. The predicted molar refractivity (Wildman–Crippen MR) is 78.2 cm³/mol. The van der Waals surface area contributed by atoms with E-state index in [1.165, 1.54) is 11.3 Å². The van der Waals surface area contributed by atoms with Gasteiger partial charge in [0.2, 0.25) is 0 Å². The van der Waals surface area contributed by atoms with Gasteiger partial charge in [0.15, 0.2) is 0 Å². The zero-order valence-electron chi connectivity index (χ0n) is 11.1. The van der Waals surface area contributed by atoms with Crippen LogP contribution in [0.4, 0.5) is 0 Å². The third-order valence-electron chi connectivity index (χ3n) is 3.94. The first kappa shape index (κ1) is 13.1. The quantitative estimate of drug-likeness (QED) is 0.913. The molecule has 1 fully saturated rings. The fraction of sp³-hybridized carbons (Fsp3) is 0.333. The fourth-order valence-corrected chi connectivity index (χ4v) is 3.56. The molecular weight excluding hydrogens is 274 g/mol. The molecule has 0 aliphatic heterocycles. The third-order valence-corrected chi connectivity index (χ3v) is 4.89. The molecule has 1 aliphatic carbocycles. The van der Waals surface area contributed by atoms with E-state index in [-0.39, 0.29) is 5.91 Å². The minimum Gasteiger partial charge on any atom is -0.480 e. The number of aryl methyl sites for hydroxylation is 1. The number of benzene rings is 1. The molecule has 1 aliphatic rings. The van der Waals surface area contributed by atoms with Crippen molar-refractivity contribution in [1.29, 1.82) is 0 Å². The van der Waals surface area contributed by atoms with Crippen LogP contribution < -0.4 is 5.32 Å². The number of aliphatic carboxylic acids is 1. The van der Waals surface area contributed by atoms with Gasteiger partial charge in [0, 0.05) is 15.5 Å². The molecule has 1 saturated carbocycles. The molecule has 4 nitrogen and oxygen atoms in total. The molecule has 1 heterocycles. The predicted octanol–water partition coefficient (Wildman–Crippen LogP) is 2.95. The number of rotatable bonds is 3. The number of carboxylic acids is 1. The first-order valence-corrected chi connectivity index (χ1v) is 7.44. The monoisotopic (exact) mass is 289 g/mol. The van der Waals surface area contributed by atoms with E-state index in [4.69, 9.17) is 0 Å². The number of hydrogen-bond acceptors (Lipinski definition) is 3. The molecule has 0 radical (unpaired) electrons. The molecule has 0 spiro atoms. The number of hydrogen-bond donors (Lipinski definition) is 2. The van der Waals surface area contributed by atoms with Crippen molar-refractivity contribution in [2.75, 3.05) is 0 Å². The summed E-state index contributed by atoms with van der Waals surface area (Å²) in [6.45, 7) is 2.01. The van der Waals surface area contributed by atoms with Crippen molar-refractivity contribution in [3.05, 3.63) is 34.7 Å².